The molecular weight excluding hydrogens is 406 g/mol. The van der Waals surface area contributed by atoms with Gasteiger partial charge in [0.15, 0.2) is 0 Å². The van der Waals surface area contributed by atoms with Crippen molar-refractivity contribution >= 4 is 27.3 Å². The van der Waals surface area contributed by atoms with Crippen molar-refractivity contribution in [2.24, 2.45) is 0 Å². The second-order valence-corrected chi connectivity index (χ2v) is 9.96. The highest BCUT2D eigenvalue weighted by atomic mass is 32.2. The van der Waals surface area contributed by atoms with Gasteiger partial charge in [-0.2, -0.15) is 0 Å². The number of carbonyl (C=O) groups is 1. The summed E-state index contributed by atoms with van der Waals surface area (Å²) in [4.78, 5) is 16.6. The molecule has 2 aromatic rings. The van der Waals surface area contributed by atoms with E-state index in [2.05, 4.69) is 40.9 Å². The SMILES string of the molecule is CCN(CC)C(CNC(=O)c1ccc(CCNS(C)(=O)=O)s1)Cc1ccccc1. The average molecular weight is 438 g/mol. The maximum Gasteiger partial charge on any atom is 0.261 e. The number of hydrogen-bond donors (Lipinski definition) is 2. The van der Waals surface area contributed by atoms with Crippen LogP contribution in [0.3, 0.4) is 0 Å². The lowest BCUT2D eigenvalue weighted by Crippen LogP contribution is -2.45. The molecule has 160 valence electrons. The van der Waals surface area contributed by atoms with Gasteiger partial charge in [-0.3, -0.25) is 9.69 Å². The summed E-state index contributed by atoms with van der Waals surface area (Å²) in [5, 5.41) is 3.08. The fourth-order valence-corrected chi connectivity index (χ4v) is 4.64. The van der Waals surface area contributed by atoms with Gasteiger partial charge in [-0.1, -0.05) is 44.2 Å². The minimum Gasteiger partial charge on any atom is -0.350 e. The smallest absolute Gasteiger partial charge is 0.261 e. The van der Waals surface area contributed by atoms with Gasteiger partial charge in [0.05, 0.1) is 11.1 Å². The third-order valence-corrected chi connectivity index (χ3v) is 6.63. The van der Waals surface area contributed by atoms with E-state index in [0.29, 0.717) is 24.4 Å². The molecule has 0 spiro atoms. The first-order valence-corrected chi connectivity index (χ1v) is 12.6. The monoisotopic (exact) mass is 437 g/mol. The fourth-order valence-electron chi connectivity index (χ4n) is 3.25. The largest absolute Gasteiger partial charge is 0.350 e. The summed E-state index contributed by atoms with van der Waals surface area (Å²) in [5.41, 5.74) is 1.26. The first-order chi connectivity index (χ1) is 13.8. The number of carbonyl (C=O) groups excluding carboxylic acids is 1. The molecule has 1 amide bonds. The molecule has 0 fully saturated rings. The maximum absolute atomic E-state index is 12.6. The fraction of sp³-hybridized carbons (Fsp3) is 0.476. The van der Waals surface area contributed by atoms with Crippen molar-refractivity contribution in [1.82, 2.24) is 14.9 Å². The topological polar surface area (TPSA) is 78.5 Å². The van der Waals surface area contributed by atoms with Gasteiger partial charge < -0.3 is 5.32 Å². The van der Waals surface area contributed by atoms with E-state index in [0.717, 1.165) is 30.6 Å². The van der Waals surface area contributed by atoms with Crippen molar-refractivity contribution in [1.29, 1.82) is 0 Å². The number of benzene rings is 1. The zero-order valence-electron chi connectivity index (χ0n) is 17.3. The van der Waals surface area contributed by atoms with Crippen molar-refractivity contribution in [3.05, 3.63) is 57.8 Å². The van der Waals surface area contributed by atoms with Crippen LogP contribution in [-0.2, 0) is 22.9 Å². The molecule has 0 saturated heterocycles. The van der Waals surface area contributed by atoms with Gasteiger partial charge in [0.2, 0.25) is 10.0 Å². The van der Waals surface area contributed by atoms with Crippen LogP contribution in [0.25, 0.3) is 0 Å². The van der Waals surface area contributed by atoms with Crippen molar-refractivity contribution in [3.63, 3.8) is 0 Å². The Kier molecular flexibility index (Phi) is 9.29. The highest BCUT2D eigenvalue weighted by Gasteiger charge is 2.18. The lowest BCUT2D eigenvalue weighted by molar-refractivity contribution is 0.0938. The molecule has 0 bridgehead atoms. The Morgan fingerprint density at radius 2 is 1.79 bits per heavy atom. The maximum atomic E-state index is 12.6. The molecule has 0 aliphatic carbocycles. The molecule has 1 aromatic heterocycles. The Labute approximate surface area is 178 Å². The number of nitrogens with one attached hydrogen (secondary N) is 2. The number of sulfonamides is 1. The minimum atomic E-state index is -3.19. The Bertz CT molecular complexity index is 862. The quantitative estimate of drug-likeness (QED) is 0.535. The highest BCUT2D eigenvalue weighted by molar-refractivity contribution is 7.88. The number of nitrogens with zero attached hydrogens (tertiary/aromatic N) is 1. The molecule has 1 atom stereocenters. The van der Waals surface area contributed by atoms with Crippen LogP contribution in [0.2, 0.25) is 0 Å². The summed E-state index contributed by atoms with van der Waals surface area (Å²) < 4.78 is 24.8. The van der Waals surface area contributed by atoms with Gasteiger partial charge in [-0.15, -0.1) is 11.3 Å². The second-order valence-electron chi connectivity index (χ2n) is 6.96. The molecule has 8 heteroatoms. The first kappa shape index (κ1) is 23.5. The molecule has 1 unspecified atom stereocenters. The predicted octanol–water partition coefficient (Wildman–Crippen LogP) is 2.52. The van der Waals surface area contributed by atoms with Crippen LogP contribution in [0.1, 0.15) is 34.0 Å². The second kappa shape index (κ2) is 11.4. The number of hydrogen-bond acceptors (Lipinski definition) is 5. The predicted molar refractivity (Wildman–Crippen MR) is 120 cm³/mol. The van der Waals surface area contributed by atoms with Crippen molar-refractivity contribution in [3.8, 4) is 0 Å². The summed E-state index contributed by atoms with van der Waals surface area (Å²) >= 11 is 1.41. The molecule has 0 aliphatic heterocycles. The lowest BCUT2D eigenvalue weighted by atomic mass is 10.0. The average Bonchev–Trinajstić information content (AvgIpc) is 3.15. The lowest BCUT2D eigenvalue weighted by Gasteiger charge is -2.30. The Hall–Kier alpha value is -1.74. The van der Waals surface area contributed by atoms with Crippen LogP contribution >= 0.6 is 11.3 Å². The summed E-state index contributed by atoms with van der Waals surface area (Å²) in [6, 6.07) is 14.3. The van der Waals surface area contributed by atoms with Gasteiger partial charge in [0, 0.05) is 24.0 Å². The number of likely N-dealkylation sites (N-methyl/N-ethyl adjacent to an activating group) is 1. The van der Waals surface area contributed by atoms with E-state index < -0.39 is 10.0 Å². The Balaban J connectivity index is 1.93. The molecule has 0 radical (unpaired) electrons. The van der Waals surface area contributed by atoms with E-state index in [4.69, 9.17) is 0 Å². The standard InChI is InChI=1S/C21H31N3O3S2/c1-4-24(5-2)18(15-17-9-7-6-8-10-17)16-22-21(25)20-12-11-19(28-20)13-14-23-29(3,26)27/h6-12,18,23H,4-5,13-16H2,1-3H3,(H,22,25). The van der Waals surface area contributed by atoms with E-state index in [1.54, 1.807) is 6.07 Å². The van der Waals surface area contributed by atoms with Gasteiger partial charge in [0.1, 0.15) is 0 Å². The molecule has 1 aromatic carbocycles. The summed E-state index contributed by atoms with van der Waals surface area (Å²) in [5.74, 6) is -0.0810. The van der Waals surface area contributed by atoms with E-state index >= 15 is 0 Å². The summed E-state index contributed by atoms with van der Waals surface area (Å²) in [7, 11) is -3.19. The highest BCUT2D eigenvalue weighted by Crippen LogP contribution is 2.17. The summed E-state index contributed by atoms with van der Waals surface area (Å²) in [6.45, 7) is 7.05. The third kappa shape index (κ3) is 8.26. The van der Waals surface area contributed by atoms with Crippen LogP contribution in [0, 0.1) is 0 Å². The van der Waals surface area contributed by atoms with Crippen LogP contribution in [0.15, 0.2) is 42.5 Å². The number of amides is 1. The van der Waals surface area contributed by atoms with Crippen molar-refractivity contribution in [2.45, 2.75) is 32.7 Å². The van der Waals surface area contributed by atoms with Crippen LogP contribution < -0.4 is 10.0 Å². The van der Waals surface area contributed by atoms with Gasteiger partial charge in [-0.25, -0.2) is 13.1 Å². The van der Waals surface area contributed by atoms with E-state index in [-0.39, 0.29) is 11.9 Å². The van der Waals surface area contributed by atoms with Gasteiger partial charge in [-0.05, 0) is 43.6 Å². The van der Waals surface area contributed by atoms with Gasteiger partial charge in [0.25, 0.3) is 5.91 Å². The zero-order valence-corrected chi connectivity index (χ0v) is 19.0. The molecule has 29 heavy (non-hydrogen) atoms. The molecule has 1 heterocycles. The molecule has 2 rings (SSSR count). The zero-order chi connectivity index (χ0) is 21.3. The third-order valence-electron chi connectivity index (χ3n) is 4.76. The van der Waals surface area contributed by atoms with Crippen molar-refractivity contribution < 1.29 is 13.2 Å². The number of thiophene rings is 1. The first-order valence-electron chi connectivity index (χ1n) is 9.92. The van der Waals surface area contributed by atoms with Crippen LogP contribution in [-0.4, -0.2) is 57.7 Å². The Morgan fingerprint density at radius 3 is 2.41 bits per heavy atom. The molecule has 2 N–H and O–H groups in total. The van der Waals surface area contributed by atoms with Gasteiger partial charge >= 0.3 is 0 Å². The summed E-state index contributed by atoms with van der Waals surface area (Å²) in [6.07, 6.45) is 2.60. The van der Waals surface area contributed by atoms with Crippen molar-refractivity contribution in [2.75, 3.05) is 32.4 Å². The number of rotatable bonds is 12. The Morgan fingerprint density at radius 1 is 1.10 bits per heavy atom. The van der Waals surface area contributed by atoms with E-state index in [1.165, 1.54) is 16.9 Å². The normalized spacial score (nSPS) is 12.8. The van der Waals surface area contributed by atoms with E-state index in [9.17, 15) is 13.2 Å². The van der Waals surface area contributed by atoms with Crippen LogP contribution in [0.5, 0.6) is 0 Å². The molecule has 6 nitrogen and oxygen atoms in total. The molecule has 0 aliphatic rings. The molecule has 0 saturated carbocycles. The molecular formula is C21H31N3O3S2. The minimum absolute atomic E-state index is 0.0810. The van der Waals surface area contributed by atoms with E-state index in [1.807, 2.05) is 24.3 Å². The van der Waals surface area contributed by atoms with Crippen LogP contribution in [0.4, 0.5) is 0 Å².